The van der Waals surface area contributed by atoms with E-state index >= 15 is 0 Å². The predicted octanol–water partition coefficient (Wildman–Crippen LogP) is 3.40. The Balaban J connectivity index is 1.78. The van der Waals surface area contributed by atoms with Crippen LogP contribution in [-0.4, -0.2) is 27.9 Å². The second-order valence-corrected chi connectivity index (χ2v) is 6.76. The van der Waals surface area contributed by atoms with Crippen LogP contribution in [0.3, 0.4) is 0 Å². The second kappa shape index (κ2) is 9.27. The van der Waals surface area contributed by atoms with E-state index in [1.54, 1.807) is 0 Å². The molecule has 0 unspecified atom stereocenters. The number of hydrogen-bond donors (Lipinski definition) is 2. The number of hydrogen-bond acceptors (Lipinski definition) is 5. The Morgan fingerprint density at radius 3 is 2.54 bits per heavy atom. The molecular weight excluding hydrogens is 320 g/mol. The number of aryl methyl sites for hydroxylation is 1. The van der Waals surface area contributed by atoms with E-state index in [2.05, 4.69) is 52.0 Å². The minimum Gasteiger partial charge on any atom is -0.365 e. The molecule has 0 aliphatic carbocycles. The Morgan fingerprint density at radius 1 is 1.17 bits per heavy atom. The molecule has 2 rings (SSSR count). The van der Waals surface area contributed by atoms with Crippen LogP contribution >= 0.6 is 11.8 Å². The fraction of sp³-hybridized carbons (Fsp3) is 0.389. The van der Waals surface area contributed by atoms with Gasteiger partial charge in [-0.3, -0.25) is 4.79 Å². The maximum Gasteiger partial charge on any atom is 0.230 e. The highest BCUT2D eigenvalue weighted by Crippen LogP contribution is 2.15. The molecule has 1 aromatic carbocycles. The van der Waals surface area contributed by atoms with Gasteiger partial charge in [0.1, 0.15) is 10.8 Å². The van der Waals surface area contributed by atoms with E-state index < -0.39 is 0 Å². The van der Waals surface area contributed by atoms with Gasteiger partial charge in [-0.15, -0.1) is 10.2 Å². The zero-order chi connectivity index (χ0) is 17.4. The number of aromatic nitrogens is 2. The van der Waals surface area contributed by atoms with Gasteiger partial charge in [-0.25, -0.2) is 0 Å². The van der Waals surface area contributed by atoms with Crippen molar-refractivity contribution in [2.75, 3.05) is 11.1 Å². The Labute approximate surface area is 147 Å². The molecule has 1 amide bonds. The first-order chi connectivity index (χ1) is 11.6. The lowest BCUT2D eigenvalue weighted by Crippen LogP contribution is -2.33. The number of amides is 1. The second-order valence-electron chi connectivity index (χ2n) is 5.76. The first-order valence-electron chi connectivity index (χ1n) is 8.12. The van der Waals surface area contributed by atoms with Crippen LogP contribution in [0.1, 0.15) is 31.4 Å². The summed E-state index contributed by atoms with van der Waals surface area (Å²) in [4.78, 5) is 11.7. The number of benzene rings is 1. The third-order valence-electron chi connectivity index (χ3n) is 3.61. The lowest BCUT2D eigenvalue weighted by Gasteiger charge is -2.10. The van der Waals surface area contributed by atoms with Gasteiger partial charge >= 0.3 is 0 Å². The van der Waals surface area contributed by atoms with Gasteiger partial charge < -0.3 is 10.6 Å². The Kier molecular flexibility index (Phi) is 7.06. The largest absolute Gasteiger partial charge is 0.365 e. The first-order valence-corrected chi connectivity index (χ1v) is 9.10. The van der Waals surface area contributed by atoms with E-state index in [9.17, 15) is 4.79 Å². The minimum atomic E-state index is 0.0257. The van der Waals surface area contributed by atoms with Crippen LogP contribution in [0.15, 0.2) is 41.4 Å². The Bertz CT molecular complexity index is 643. The van der Waals surface area contributed by atoms with Gasteiger partial charge in [-0.2, -0.15) is 0 Å². The monoisotopic (exact) mass is 344 g/mol. The Hall–Kier alpha value is -2.08. The number of nitrogens with one attached hydrogen (secondary N) is 2. The summed E-state index contributed by atoms with van der Waals surface area (Å²) in [5.41, 5.74) is 2.44. The fourth-order valence-electron chi connectivity index (χ4n) is 1.95. The van der Waals surface area contributed by atoms with Crippen LogP contribution in [0.25, 0.3) is 0 Å². The normalized spacial score (nSPS) is 11.8. The van der Waals surface area contributed by atoms with Crippen molar-refractivity contribution in [3.05, 3.63) is 47.5 Å². The molecule has 24 heavy (non-hydrogen) atoms. The smallest absolute Gasteiger partial charge is 0.230 e. The average molecular weight is 344 g/mol. The molecule has 0 bridgehead atoms. The average Bonchev–Trinajstić information content (AvgIpc) is 2.60. The van der Waals surface area contributed by atoms with Crippen molar-refractivity contribution in [2.45, 2.75) is 44.8 Å². The molecule has 0 spiro atoms. The third-order valence-corrected chi connectivity index (χ3v) is 4.53. The van der Waals surface area contributed by atoms with E-state index in [0.717, 1.165) is 17.3 Å². The van der Waals surface area contributed by atoms with Gasteiger partial charge in [0.15, 0.2) is 0 Å². The summed E-state index contributed by atoms with van der Waals surface area (Å²) in [5.74, 6) is 1.11. The van der Waals surface area contributed by atoms with Gasteiger partial charge in [-0.05, 0) is 38.0 Å². The molecule has 5 nitrogen and oxygen atoms in total. The summed E-state index contributed by atoms with van der Waals surface area (Å²) in [6.45, 7) is 6.82. The molecular formula is C18H24N4OS. The number of carbonyl (C=O) groups excluding carboxylic acids is 1. The number of carbonyl (C=O) groups is 1. The molecule has 1 aromatic heterocycles. The van der Waals surface area contributed by atoms with E-state index in [1.165, 1.54) is 22.9 Å². The van der Waals surface area contributed by atoms with Crippen LogP contribution in [0.2, 0.25) is 0 Å². The number of thioether (sulfide) groups is 1. The van der Waals surface area contributed by atoms with Crippen molar-refractivity contribution in [3.8, 4) is 0 Å². The molecule has 0 radical (unpaired) electrons. The zero-order valence-electron chi connectivity index (χ0n) is 14.4. The topological polar surface area (TPSA) is 66.9 Å². The molecule has 0 aliphatic rings. The highest BCUT2D eigenvalue weighted by atomic mass is 32.2. The van der Waals surface area contributed by atoms with Crippen molar-refractivity contribution in [1.29, 1.82) is 0 Å². The summed E-state index contributed by atoms with van der Waals surface area (Å²) >= 11 is 1.39. The van der Waals surface area contributed by atoms with E-state index in [1.807, 2.05) is 26.0 Å². The molecule has 0 saturated heterocycles. The van der Waals surface area contributed by atoms with Crippen LogP contribution in [-0.2, 0) is 11.3 Å². The van der Waals surface area contributed by atoms with Gasteiger partial charge in [-0.1, -0.05) is 48.5 Å². The summed E-state index contributed by atoms with van der Waals surface area (Å²) < 4.78 is 0. The Morgan fingerprint density at radius 2 is 1.92 bits per heavy atom. The standard InChI is InChI=1S/C18H24N4OS/c1-4-14(3)20-17(23)12-24-18-10-9-16(21-22-18)19-11-15-7-5-13(2)6-8-15/h5-10,14H,4,11-12H2,1-3H3,(H,19,21)(H,20,23)/t14-/m0/s1. The fourth-order valence-corrected chi connectivity index (χ4v) is 2.57. The van der Waals surface area contributed by atoms with Crippen molar-refractivity contribution in [3.63, 3.8) is 0 Å². The van der Waals surface area contributed by atoms with Crippen LogP contribution < -0.4 is 10.6 Å². The van der Waals surface area contributed by atoms with Crippen LogP contribution in [0.5, 0.6) is 0 Å². The van der Waals surface area contributed by atoms with E-state index in [4.69, 9.17) is 0 Å². The molecule has 6 heteroatoms. The van der Waals surface area contributed by atoms with Crippen LogP contribution in [0.4, 0.5) is 5.82 Å². The predicted molar refractivity (Wildman–Crippen MR) is 99.2 cm³/mol. The summed E-state index contributed by atoms with van der Waals surface area (Å²) in [5, 5.41) is 15.2. The van der Waals surface area contributed by atoms with Crippen molar-refractivity contribution < 1.29 is 4.79 Å². The highest BCUT2D eigenvalue weighted by molar-refractivity contribution is 7.99. The molecule has 128 valence electrons. The summed E-state index contributed by atoms with van der Waals surface area (Å²) in [6.07, 6.45) is 0.928. The molecule has 2 N–H and O–H groups in total. The SMILES string of the molecule is CC[C@H](C)NC(=O)CSc1ccc(NCc2ccc(C)cc2)nn1. The van der Waals surface area contributed by atoms with Gasteiger partial charge in [0.05, 0.1) is 5.75 Å². The third kappa shape index (κ3) is 6.20. The zero-order valence-corrected chi connectivity index (χ0v) is 15.2. The lowest BCUT2D eigenvalue weighted by atomic mass is 10.1. The molecule has 0 saturated carbocycles. The number of nitrogens with zero attached hydrogens (tertiary/aromatic N) is 2. The van der Waals surface area contributed by atoms with Crippen molar-refractivity contribution >= 4 is 23.5 Å². The molecule has 1 atom stereocenters. The molecule has 2 aromatic rings. The molecule has 0 aliphatic heterocycles. The summed E-state index contributed by atoms with van der Waals surface area (Å²) in [7, 11) is 0. The lowest BCUT2D eigenvalue weighted by molar-refractivity contribution is -0.119. The van der Waals surface area contributed by atoms with Crippen molar-refractivity contribution in [2.24, 2.45) is 0 Å². The highest BCUT2D eigenvalue weighted by Gasteiger charge is 2.07. The molecule has 1 heterocycles. The van der Waals surface area contributed by atoms with Gasteiger partial charge in [0.2, 0.25) is 5.91 Å². The van der Waals surface area contributed by atoms with E-state index in [0.29, 0.717) is 12.3 Å². The number of anilines is 1. The van der Waals surface area contributed by atoms with Crippen LogP contribution in [0, 0.1) is 6.92 Å². The van der Waals surface area contributed by atoms with E-state index in [-0.39, 0.29) is 11.9 Å². The maximum absolute atomic E-state index is 11.7. The summed E-state index contributed by atoms with van der Waals surface area (Å²) in [6, 6.07) is 12.3. The van der Waals surface area contributed by atoms with Crippen molar-refractivity contribution in [1.82, 2.24) is 15.5 Å². The quantitative estimate of drug-likeness (QED) is 0.719. The number of rotatable bonds is 8. The molecule has 0 fully saturated rings. The maximum atomic E-state index is 11.7. The minimum absolute atomic E-state index is 0.0257. The van der Waals surface area contributed by atoms with Gasteiger partial charge in [0.25, 0.3) is 0 Å². The first kappa shape index (κ1) is 18.3. The van der Waals surface area contributed by atoms with Gasteiger partial charge in [0, 0.05) is 12.6 Å².